The van der Waals surface area contributed by atoms with Crippen molar-refractivity contribution in [1.29, 1.82) is 5.26 Å². The first-order chi connectivity index (χ1) is 14.4. The number of rotatable bonds is 7. The number of benzene rings is 1. The van der Waals surface area contributed by atoms with Crippen molar-refractivity contribution in [1.82, 2.24) is 4.98 Å². The summed E-state index contributed by atoms with van der Waals surface area (Å²) in [5, 5.41) is 14.1. The molecule has 1 amide bonds. The highest BCUT2D eigenvalue weighted by Crippen LogP contribution is 2.22. The largest absolute Gasteiger partial charge is 0.459 e. The summed E-state index contributed by atoms with van der Waals surface area (Å²) in [6.07, 6.45) is 1.38. The van der Waals surface area contributed by atoms with Crippen LogP contribution >= 0.6 is 11.3 Å². The second-order valence-corrected chi connectivity index (χ2v) is 7.28. The highest BCUT2D eigenvalue weighted by atomic mass is 32.1. The van der Waals surface area contributed by atoms with Crippen LogP contribution < -0.4 is 5.32 Å². The van der Waals surface area contributed by atoms with Gasteiger partial charge in [0.15, 0.2) is 24.1 Å². The number of hydrogen-bond donors (Lipinski definition) is 1. The normalized spacial score (nSPS) is 11.4. The van der Waals surface area contributed by atoms with Gasteiger partial charge >= 0.3 is 5.97 Å². The fourth-order valence-electron chi connectivity index (χ4n) is 2.55. The molecule has 0 saturated carbocycles. The molecule has 3 aromatic rings. The summed E-state index contributed by atoms with van der Waals surface area (Å²) in [6, 6.07) is 9.63. The molecule has 0 aliphatic rings. The first-order valence-corrected chi connectivity index (χ1v) is 9.74. The predicted octanol–water partition coefficient (Wildman–Crippen LogP) is 3.64. The van der Waals surface area contributed by atoms with E-state index in [2.05, 4.69) is 10.3 Å². The summed E-state index contributed by atoms with van der Waals surface area (Å²) in [5.74, 6) is -2.72. The molecule has 1 atom stereocenters. The van der Waals surface area contributed by atoms with Crippen molar-refractivity contribution in [3.63, 3.8) is 0 Å². The van der Waals surface area contributed by atoms with Gasteiger partial charge in [-0.05, 0) is 43.7 Å². The molecule has 30 heavy (non-hydrogen) atoms. The Balaban J connectivity index is 1.66. The number of nitrogens with zero attached hydrogens (tertiary/aromatic N) is 2. The molecule has 0 bridgehead atoms. The van der Waals surface area contributed by atoms with Crippen molar-refractivity contribution < 1.29 is 23.5 Å². The van der Waals surface area contributed by atoms with Crippen LogP contribution in [-0.4, -0.2) is 29.3 Å². The van der Waals surface area contributed by atoms with Gasteiger partial charge in [-0.15, -0.1) is 11.3 Å². The zero-order valence-electron chi connectivity index (χ0n) is 16.2. The number of amides is 1. The van der Waals surface area contributed by atoms with Gasteiger partial charge in [0.25, 0.3) is 5.91 Å². The summed E-state index contributed by atoms with van der Waals surface area (Å²) >= 11 is 1.21. The number of nitrogens with one attached hydrogen (secondary N) is 1. The number of ketones is 1. The minimum atomic E-state index is -1.09. The maximum Gasteiger partial charge on any atom is 0.338 e. The lowest BCUT2D eigenvalue weighted by Gasteiger charge is -2.10. The van der Waals surface area contributed by atoms with Crippen LogP contribution in [0.4, 0.5) is 5.69 Å². The summed E-state index contributed by atoms with van der Waals surface area (Å²) in [5.41, 5.74) is 2.00. The molecule has 0 aliphatic heterocycles. The van der Waals surface area contributed by atoms with Gasteiger partial charge in [-0.1, -0.05) is 6.07 Å². The second kappa shape index (κ2) is 9.15. The number of Topliss-reactive ketones (excluding diaryl/α,β-unsaturated/α-hetero) is 1. The molecule has 2 aromatic heterocycles. The summed E-state index contributed by atoms with van der Waals surface area (Å²) < 4.78 is 10.1. The number of aryl methyl sites for hydroxylation is 2. The Morgan fingerprint density at radius 1 is 1.30 bits per heavy atom. The van der Waals surface area contributed by atoms with Crippen molar-refractivity contribution in [3.8, 4) is 6.07 Å². The van der Waals surface area contributed by atoms with Crippen LogP contribution in [0.1, 0.15) is 43.1 Å². The second-order valence-electron chi connectivity index (χ2n) is 6.39. The topological polar surface area (TPSA) is 122 Å². The summed E-state index contributed by atoms with van der Waals surface area (Å²) in [7, 11) is 0. The van der Waals surface area contributed by atoms with Gasteiger partial charge in [0, 0.05) is 16.8 Å². The quantitative estimate of drug-likeness (QED) is 0.576. The highest BCUT2D eigenvalue weighted by molar-refractivity contribution is 7.09. The summed E-state index contributed by atoms with van der Waals surface area (Å²) in [4.78, 5) is 41.0. The van der Waals surface area contributed by atoms with Crippen molar-refractivity contribution in [2.45, 2.75) is 19.8 Å². The Labute approximate surface area is 176 Å². The Morgan fingerprint density at radius 3 is 2.73 bits per heavy atom. The number of thiazole rings is 1. The number of furan rings is 1. The Kier molecular flexibility index (Phi) is 6.39. The lowest BCUT2D eigenvalue weighted by atomic mass is 10.1. The molecule has 1 N–H and O–H groups in total. The van der Waals surface area contributed by atoms with Gasteiger partial charge in [-0.25, -0.2) is 9.78 Å². The molecule has 9 heteroatoms. The van der Waals surface area contributed by atoms with Gasteiger partial charge in [0.05, 0.1) is 17.9 Å². The molecule has 0 aliphatic carbocycles. The third-order valence-electron chi connectivity index (χ3n) is 4.15. The van der Waals surface area contributed by atoms with Crippen molar-refractivity contribution in [2.24, 2.45) is 0 Å². The fourth-order valence-corrected chi connectivity index (χ4v) is 3.41. The van der Waals surface area contributed by atoms with Gasteiger partial charge in [-0.2, -0.15) is 5.26 Å². The number of nitriles is 1. The molecule has 0 spiro atoms. The minimum Gasteiger partial charge on any atom is -0.459 e. The van der Waals surface area contributed by atoms with Gasteiger partial charge in [-0.3, -0.25) is 9.59 Å². The van der Waals surface area contributed by atoms with Crippen molar-refractivity contribution in [2.75, 3.05) is 11.9 Å². The molecule has 3 rings (SSSR count). The van der Waals surface area contributed by atoms with Crippen LogP contribution in [0.25, 0.3) is 0 Å². The van der Waals surface area contributed by atoms with E-state index in [1.54, 1.807) is 31.4 Å². The number of carbonyl (C=O) groups is 3. The van der Waals surface area contributed by atoms with E-state index in [1.807, 2.05) is 6.07 Å². The lowest BCUT2D eigenvalue weighted by Crippen LogP contribution is -2.20. The van der Waals surface area contributed by atoms with E-state index >= 15 is 0 Å². The number of hydrogen-bond acceptors (Lipinski definition) is 8. The standard InChI is InChI=1S/C21H17N3O5S/c1-12-5-6-14(8-16(12)24-19(26)18-4-3-7-28-18)21(27)29-10-17(25)15(9-22)20-23-13(2)11-30-20/h3-8,11,15H,10H2,1-2H3,(H,24,26)/t15-/m1/s1. The molecule has 1 aromatic carbocycles. The van der Waals surface area contributed by atoms with Crippen LogP contribution in [0.5, 0.6) is 0 Å². The molecule has 8 nitrogen and oxygen atoms in total. The summed E-state index contributed by atoms with van der Waals surface area (Å²) in [6.45, 7) is 2.97. The van der Waals surface area contributed by atoms with Crippen LogP contribution in [-0.2, 0) is 9.53 Å². The van der Waals surface area contributed by atoms with Gasteiger partial charge < -0.3 is 14.5 Å². The van der Waals surface area contributed by atoms with Crippen LogP contribution in [0, 0.1) is 25.2 Å². The molecule has 0 radical (unpaired) electrons. The number of aromatic nitrogens is 1. The number of ether oxygens (including phenoxy) is 1. The SMILES string of the molecule is Cc1csc([C@H](C#N)C(=O)COC(=O)c2ccc(C)c(NC(=O)c3ccco3)c2)n1. The zero-order chi connectivity index (χ0) is 21.7. The number of carbonyl (C=O) groups excluding carboxylic acids is 3. The average molecular weight is 423 g/mol. The molecular weight excluding hydrogens is 406 g/mol. The molecular formula is C21H17N3O5S. The fraction of sp³-hybridized carbons (Fsp3) is 0.190. The van der Waals surface area contributed by atoms with Crippen molar-refractivity contribution in [3.05, 3.63) is 69.6 Å². The van der Waals surface area contributed by atoms with E-state index in [1.165, 1.54) is 35.8 Å². The Hall–Kier alpha value is -3.77. The third-order valence-corrected chi connectivity index (χ3v) is 5.17. The Morgan fingerprint density at radius 2 is 2.10 bits per heavy atom. The average Bonchev–Trinajstić information content (AvgIpc) is 3.40. The maximum atomic E-state index is 12.4. The maximum absolute atomic E-state index is 12.4. The minimum absolute atomic E-state index is 0.132. The Bertz CT molecular complexity index is 1130. The molecule has 0 unspecified atom stereocenters. The molecule has 152 valence electrons. The van der Waals surface area contributed by atoms with E-state index in [0.717, 1.165) is 5.56 Å². The molecule has 0 saturated heterocycles. The molecule has 0 fully saturated rings. The van der Waals surface area contributed by atoms with Crippen LogP contribution in [0.3, 0.4) is 0 Å². The lowest BCUT2D eigenvalue weighted by molar-refractivity contribution is -0.122. The van der Waals surface area contributed by atoms with E-state index in [4.69, 9.17) is 9.15 Å². The molecule has 2 heterocycles. The van der Waals surface area contributed by atoms with Crippen molar-refractivity contribution >= 4 is 34.7 Å². The van der Waals surface area contributed by atoms with Crippen LogP contribution in [0.2, 0.25) is 0 Å². The predicted molar refractivity (Wildman–Crippen MR) is 108 cm³/mol. The third kappa shape index (κ3) is 4.79. The smallest absolute Gasteiger partial charge is 0.338 e. The van der Waals surface area contributed by atoms with Gasteiger partial charge in [0.1, 0.15) is 5.01 Å². The monoisotopic (exact) mass is 423 g/mol. The first-order valence-electron chi connectivity index (χ1n) is 8.86. The van der Waals surface area contributed by atoms with Crippen LogP contribution in [0.15, 0.2) is 46.4 Å². The van der Waals surface area contributed by atoms with Gasteiger partial charge in [0.2, 0.25) is 0 Å². The van der Waals surface area contributed by atoms with E-state index < -0.39 is 30.2 Å². The zero-order valence-corrected chi connectivity index (χ0v) is 17.0. The first kappa shape index (κ1) is 21.0. The van der Waals surface area contributed by atoms with E-state index in [0.29, 0.717) is 16.4 Å². The van der Waals surface area contributed by atoms with E-state index in [9.17, 15) is 19.6 Å². The highest BCUT2D eigenvalue weighted by Gasteiger charge is 2.25. The number of esters is 1. The van der Waals surface area contributed by atoms with E-state index in [-0.39, 0.29) is 11.3 Å². The number of anilines is 1.